The molecule has 0 unspecified atom stereocenters. The van der Waals surface area contributed by atoms with Gasteiger partial charge in [0.2, 0.25) is 0 Å². The van der Waals surface area contributed by atoms with Gasteiger partial charge in [0.1, 0.15) is 12.7 Å². The quantitative estimate of drug-likeness (QED) is 0.665. The minimum atomic E-state index is -0.0662. The predicted molar refractivity (Wildman–Crippen MR) is 65.9 cm³/mol. The van der Waals surface area contributed by atoms with Gasteiger partial charge in [-0.2, -0.15) is 5.10 Å². The molecule has 0 radical (unpaired) electrons. The molecular formula is C12H11N5O. The predicted octanol–water partition coefficient (Wildman–Crippen LogP) is 0.757. The lowest BCUT2D eigenvalue weighted by atomic mass is 10.3. The van der Waals surface area contributed by atoms with E-state index in [4.69, 9.17) is 0 Å². The number of nitrogens with zero attached hydrogens (tertiary/aromatic N) is 5. The first-order chi connectivity index (χ1) is 8.75. The molecule has 0 aliphatic heterocycles. The highest BCUT2D eigenvalue weighted by Gasteiger charge is 2.03. The molecule has 0 aliphatic rings. The van der Waals surface area contributed by atoms with Crippen LogP contribution in [0.2, 0.25) is 0 Å². The van der Waals surface area contributed by atoms with E-state index in [9.17, 15) is 4.79 Å². The van der Waals surface area contributed by atoms with Crippen LogP contribution >= 0.6 is 0 Å². The third-order valence-electron chi connectivity index (χ3n) is 2.76. The van der Waals surface area contributed by atoms with Crippen molar-refractivity contribution in [2.75, 3.05) is 0 Å². The molecule has 0 spiro atoms. The third kappa shape index (κ3) is 1.64. The van der Waals surface area contributed by atoms with Gasteiger partial charge in [-0.05, 0) is 24.3 Å². The number of rotatable bonds is 2. The van der Waals surface area contributed by atoms with E-state index in [1.165, 1.54) is 10.9 Å². The second kappa shape index (κ2) is 3.99. The van der Waals surface area contributed by atoms with E-state index in [1.807, 2.05) is 24.3 Å². The summed E-state index contributed by atoms with van der Waals surface area (Å²) >= 11 is 0. The standard InChI is InChI=1S/C12H11N5O/c1-15-6-7-16(12(15)18)10-2-4-11(5-3-10)17-9-13-8-14-17/h2-9H,1H3. The Morgan fingerprint density at radius 3 is 2.33 bits per heavy atom. The van der Waals surface area contributed by atoms with E-state index in [1.54, 1.807) is 35.0 Å². The van der Waals surface area contributed by atoms with Crippen LogP contribution in [0.25, 0.3) is 11.4 Å². The van der Waals surface area contributed by atoms with Crippen molar-refractivity contribution in [1.82, 2.24) is 23.9 Å². The van der Waals surface area contributed by atoms with Gasteiger partial charge in [-0.15, -0.1) is 0 Å². The van der Waals surface area contributed by atoms with E-state index < -0.39 is 0 Å². The number of aromatic nitrogens is 5. The van der Waals surface area contributed by atoms with Gasteiger partial charge in [0.25, 0.3) is 0 Å². The van der Waals surface area contributed by atoms with Crippen LogP contribution in [0.1, 0.15) is 0 Å². The van der Waals surface area contributed by atoms with Crippen molar-refractivity contribution in [2.45, 2.75) is 0 Å². The SMILES string of the molecule is Cn1ccn(-c2ccc(-n3cncn3)cc2)c1=O. The second-order valence-electron chi connectivity index (χ2n) is 3.92. The van der Waals surface area contributed by atoms with E-state index in [0.29, 0.717) is 0 Å². The lowest BCUT2D eigenvalue weighted by Gasteiger charge is -2.03. The highest BCUT2D eigenvalue weighted by Crippen LogP contribution is 2.10. The zero-order valence-corrected chi connectivity index (χ0v) is 9.76. The maximum Gasteiger partial charge on any atom is 0.332 e. The minimum Gasteiger partial charge on any atom is -0.302 e. The Morgan fingerprint density at radius 2 is 1.78 bits per heavy atom. The zero-order valence-electron chi connectivity index (χ0n) is 9.76. The summed E-state index contributed by atoms with van der Waals surface area (Å²) in [4.78, 5) is 15.7. The normalized spacial score (nSPS) is 10.7. The van der Waals surface area contributed by atoms with Crippen LogP contribution < -0.4 is 5.69 Å². The van der Waals surface area contributed by atoms with E-state index in [-0.39, 0.29) is 5.69 Å². The van der Waals surface area contributed by atoms with Gasteiger partial charge < -0.3 is 4.57 Å². The summed E-state index contributed by atoms with van der Waals surface area (Å²) in [7, 11) is 1.72. The number of hydrogen-bond donors (Lipinski definition) is 0. The molecule has 18 heavy (non-hydrogen) atoms. The van der Waals surface area contributed by atoms with Gasteiger partial charge in [0.05, 0.1) is 11.4 Å². The fraction of sp³-hybridized carbons (Fsp3) is 0.0833. The molecule has 0 atom stereocenters. The molecule has 0 aliphatic carbocycles. The van der Waals surface area contributed by atoms with Gasteiger partial charge in [-0.1, -0.05) is 0 Å². The highest BCUT2D eigenvalue weighted by atomic mass is 16.1. The van der Waals surface area contributed by atoms with Crippen molar-refractivity contribution in [3.8, 4) is 11.4 Å². The first-order valence-electron chi connectivity index (χ1n) is 5.45. The molecule has 2 aromatic heterocycles. The molecule has 0 saturated carbocycles. The molecular weight excluding hydrogens is 230 g/mol. The number of aryl methyl sites for hydroxylation is 1. The molecule has 0 fully saturated rings. The first-order valence-corrected chi connectivity index (χ1v) is 5.45. The maximum atomic E-state index is 11.8. The van der Waals surface area contributed by atoms with Crippen LogP contribution in [0.5, 0.6) is 0 Å². The van der Waals surface area contributed by atoms with Gasteiger partial charge >= 0.3 is 5.69 Å². The zero-order chi connectivity index (χ0) is 12.5. The Hall–Kier alpha value is -2.63. The Labute approximate surface area is 103 Å². The van der Waals surface area contributed by atoms with E-state index in [0.717, 1.165) is 11.4 Å². The van der Waals surface area contributed by atoms with Gasteiger partial charge in [-0.25, -0.2) is 14.5 Å². The maximum absolute atomic E-state index is 11.8. The lowest BCUT2D eigenvalue weighted by Crippen LogP contribution is -2.20. The van der Waals surface area contributed by atoms with Crippen LogP contribution in [0.3, 0.4) is 0 Å². The molecule has 0 amide bonds. The highest BCUT2D eigenvalue weighted by molar-refractivity contribution is 5.40. The molecule has 3 rings (SSSR count). The average molecular weight is 241 g/mol. The number of benzene rings is 1. The van der Waals surface area contributed by atoms with Crippen LogP contribution in [-0.4, -0.2) is 23.9 Å². The molecule has 2 heterocycles. The largest absolute Gasteiger partial charge is 0.332 e. The lowest BCUT2D eigenvalue weighted by molar-refractivity contribution is 0.823. The summed E-state index contributed by atoms with van der Waals surface area (Å²) in [6.45, 7) is 0. The van der Waals surface area contributed by atoms with Crippen LogP contribution in [0, 0.1) is 0 Å². The van der Waals surface area contributed by atoms with E-state index in [2.05, 4.69) is 10.1 Å². The Morgan fingerprint density at radius 1 is 1.06 bits per heavy atom. The van der Waals surface area contributed by atoms with Crippen LogP contribution in [0.15, 0.2) is 54.1 Å². The molecule has 90 valence electrons. The monoisotopic (exact) mass is 241 g/mol. The summed E-state index contributed by atoms with van der Waals surface area (Å²) in [6, 6.07) is 7.53. The molecule has 6 heteroatoms. The van der Waals surface area contributed by atoms with Gasteiger partial charge in [-0.3, -0.25) is 4.57 Å². The minimum absolute atomic E-state index is 0.0662. The summed E-state index contributed by atoms with van der Waals surface area (Å²) in [5.74, 6) is 0. The molecule has 0 saturated heterocycles. The van der Waals surface area contributed by atoms with Gasteiger partial charge in [0.15, 0.2) is 0 Å². The summed E-state index contributed by atoms with van der Waals surface area (Å²) in [6.07, 6.45) is 6.58. The van der Waals surface area contributed by atoms with Crippen molar-refractivity contribution in [3.63, 3.8) is 0 Å². The Balaban J connectivity index is 2.01. The van der Waals surface area contributed by atoms with Crippen LogP contribution in [-0.2, 0) is 7.05 Å². The average Bonchev–Trinajstić information content (AvgIpc) is 3.02. The summed E-state index contributed by atoms with van der Waals surface area (Å²) in [5, 5.41) is 4.04. The summed E-state index contributed by atoms with van der Waals surface area (Å²) in [5.41, 5.74) is 1.66. The molecule has 1 aromatic carbocycles. The fourth-order valence-electron chi connectivity index (χ4n) is 1.77. The molecule has 0 bridgehead atoms. The number of imidazole rings is 1. The van der Waals surface area contributed by atoms with Crippen molar-refractivity contribution in [1.29, 1.82) is 0 Å². The Bertz CT molecular complexity index is 706. The molecule has 3 aromatic rings. The Kier molecular flexibility index (Phi) is 2.33. The van der Waals surface area contributed by atoms with Crippen LogP contribution in [0.4, 0.5) is 0 Å². The third-order valence-corrected chi connectivity index (χ3v) is 2.76. The van der Waals surface area contributed by atoms with E-state index >= 15 is 0 Å². The second-order valence-corrected chi connectivity index (χ2v) is 3.92. The molecule has 0 N–H and O–H groups in total. The van der Waals surface area contributed by atoms with Crippen molar-refractivity contribution in [2.24, 2.45) is 7.05 Å². The topological polar surface area (TPSA) is 57.6 Å². The van der Waals surface area contributed by atoms with Gasteiger partial charge in [0, 0.05) is 19.4 Å². The van der Waals surface area contributed by atoms with Crippen molar-refractivity contribution >= 4 is 0 Å². The fourth-order valence-corrected chi connectivity index (χ4v) is 1.77. The first kappa shape index (κ1) is 10.5. The number of hydrogen-bond acceptors (Lipinski definition) is 3. The smallest absolute Gasteiger partial charge is 0.302 e. The molecule has 6 nitrogen and oxygen atoms in total. The summed E-state index contributed by atoms with van der Waals surface area (Å²) < 4.78 is 4.79. The van der Waals surface area contributed by atoms with Crippen molar-refractivity contribution < 1.29 is 0 Å². The van der Waals surface area contributed by atoms with Crippen molar-refractivity contribution in [3.05, 3.63) is 59.8 Å².